The zero-order valence-electron chi connectivity index (χ0n) is 10.7. The monoisotopic (exact) mass is 318 g/mol. The second kappa shape index (κ2) is 6.48. The largest absolute Gasteiger partial charge is 0.310 e. The van der Waals surface area contributed by atoms with Gasteiger partial charge in [-0.15, -0.1) is 0 Å². The van der Waals surface area contributed by atoms with Crippen LogP contribution in [0.2, 0.25) is 0 Å². The molecule has 0 bridgehead atoms. The van der Waals surface area contributed by atoms with Crippen molar-refractivity contribution >= 4 is 27.7 Å². The molecule has 0 unspecified atom stereocenters. The number of aryl methyl sites for hydroxylation is 2. The third-order valence-electron chi connectivity index (χ3n) is 2.74. The molecule has 0 atom stereocenters. The molecule has 0 spiro atoms. The van der Waals surface area contributed by atoms with Crippen molar-refractivity contribution < 1.29 is 4.79 Å². The Balaban J connectivity index is 1.90. The lowest BCUT2D eigenvalue weighted by molar-refractivity contribution is -0.116. The normalized spacial score (nSPS) is 10.2. The summed E-state index contributed by atoms with van der Waals surface area (Å²) in [4.78, 5) is 16.0. The van der Waals surface area contributed by atoms with E-state index < -0.39 is 0 Å². The van der Waals surface area contributed by atoms with Gasteiger partial charge in [0.1, 0.15) is 5.82 Å². The van der Waals surface area contributed by atoms with Crippen molar-refractivity contribution in [1.29, 1.82) is 0 Å². The van der Waals surface area contributed by atoms with Gasteiger partial charge in [-0.25, -0.2) is 4.98 Å². The molecule has 2 aromatic rings. The zero-order chi connectivity index (χ0) is 13.7. The lowest BCUT2D eigenvalue weighted by Crippen LogP contribution is -2.13. The number of anilines is 1. The van der Waals surface area contributed by atoms with Crippen LogP contribution in [0, 0.1) is 6.92 Å². The second-order valence-electron chi connectivity index (χ2n) is 4.37. The molecular formula is C15H15BrN2O. The van der Waals surface area contributed by atoms with Gasteiger partial charge in [-0.1, -0.05) is 29.8 Å². The van der Waals surface area contributed by atoms with Gasteiger partial charge < -0.3 is 5.32 Å². The van der Waals surface area contributed by atoms with Crippen molar-refractivity contribution in [2.24, 2.45) is 0 Å². The number of rotatable bonds is 4. The van der Waals surface area contributed by atoms with Gasteiger partial charge in [0.2, 0.25) is 5.91 Å². The summed E-state index contributed by atoms with van der Waals surface area (Å²) in [6, 6.07) is 11.9. The summed E-state index contributed by atoms with van der Waals surface area (Å²) >= 11 is 3.35. The van der Waals surface area contributed by atoms with E-state index >= 15 is 0 Å². The molecule has 0 aliphatic heterocycles. The number of amides is 1. The summed E-state index contributed by atoms with van der Waals surface area (Å²) in [5.41, 5.74) is 2.39. The minimum atomic E-state index is -0.0269. The van der Waals surface area contributed by atoms with Crippen LogP contribution in [-0.4, -0.2) is 10.9 Å². The number of hydrogen-bond donors (Lipinski definition) is 1. The van der Waals surface area contributed by atoms with E-state index in [9.17, 15) is 4.79 Å². The Bertz CT molecular complexity index is 584. The topological polar surface area (TPSA) is 42.0 Å². The minimum absolute atomic E-state index is 0.0269. The fraction of sp³-hybridized carbons (Fsp3) is 0.200. The fourth-order valence-corrected chi connectivity index (χ4v) is 2.15. The number of benzene rings is 1. The average Bonchev–Trinajstić information content (AvgIpc) is 2.39. The maximum Gasteiger partial charge on any atom is 0.225 e. The lowest BCUT2D eigenvalue weighted by Gasteiger charge is -2.06. The Hall–Kier alpha value is -1.68. The number of nitrogens with zero attached hydrogens (tertiary/aromatic N) is 1. The van der Waals surface area contributed by atoms with Crippen LogP contribution in [-0.2, 0) is 11.2 Å². The Kier molecular flexibility index (Phi) is 4.68. The number of carbonyl (C=O) groups is 1. The van der Waals surface area contributed by atoms with Crippen LogP contribution >= 0.6 is 15.9 Å². The molecule has 1 heterocycles. The highest BCUT2D eigenvalue weighted by molar-refractivity contribution is 9.10. The molecule has 0 aliphatic carbocycles. The van der Waals surface area contributed by atoms with E-state index in [4.69, 9.17) is 0 Å². The van der Waals surface area contributed by atoms with Crippen molar-refractivity contribution in [2.75, 3.05) is 5.32 Å². The molecule has 1 aromatic heterocycles. The van der Waals surface area contributed by atoms with E-state index in [-0.39, 0.29) is 5.91 Å². The Labute approximate surface area is 121 Å². The standard InChI is InChI=1S/C15H15BrN2O/c1-11-4-2-5-12(10-11)7-8-14(19)18-15-13(16)6-3-9-17-15/h2-6,9-10H,7-8H2,1H3,(H,17,18,19). The van der Waals surface area contributed by atoms with Crippen molar-refractivity contribution in [1.82, 2.24) is 4.98 Å². The molecule has 0 aliphatic rings. The van der Waals surface area contributed by atoms with E-state index in [2.05, 4.69) is 45.3 Å². The van der Waals surface area contributed by atoms with Crippen LogP contribution in [0.1, 0.15) is 17.5 Å². The Morgan fingerprint density at radius 2 is 2.16 bits per heavy atom. The third kappa shape index (κ3) is 4.17. The molecule has 1 amide bonds. The van der Waals surface area contributed by atoms with Gasteiger partial charge in [-0.2, -0.15) is 0 Å². The van der Waals surface area contributed by atoms with Crippen molar-refractivity contribution in [2.45, 2.75) is 19.8 Å². The summed E-state index contributed by atoms with van der Waals surface area (Å²) < 4.78 is 0.791. The molecule has 3 nitrogen and oxygen atoms in total. The molecule has 2 rings (SSSR count). The highest BCUT2D eigenvalue weighted by Crippen LogP contribution is 2.18. The van der Waals surface area contributed by atoms with Crippen LogP contribution in [0.5, 0.6) is 0 Å². The molecular weight excluding hydrogens is 304 g/mol. The first-order valence-electron chi connectivity index (χ1n) is 6.11. The van der Waals surface area contributed by atoms with Crippen LogP contribution in [0.4, 0.5) is 5.82 Å². The minimum Gasteiger partial charge on any atom is -0.310 e. The number of carbonyl (C=O) groups excluding carboxylic acids is 1. The van der Waals surface area contributed by atoms with Gasteiger partial charge in [0.15, 0.2) is 0 Å². The van der Waals surface area contributed by atoms with Crippen molar-refractivity contribution in [3.63, 3.8) is 0 Å². The molecule has 0 fully saturated rings. The van der Waals surface area contributed by atoms with Gasteiger partial charge in [-0.3, -0.25) is 4.79 Å². The van der Waals surface area contributed by atoms with Gasteiger partial charge in [0.25, 0.3) is 0 Å². The molecule has 0 radical (unpaired) electrons. The molecule has 1 aromatic carbocycles. The van der Waals surface area contributed by atoms with Crippen LogP contribution in [0.25, 0.3) is 0 Å². The van der Waals surface area contributed by atoms with E-state index in [0.29, 0.717) is 12.2 Å². The highest BCUT2D eigenvalue weighted by Gasteiger charge is 2.06. The quantitative estimate of drug-likeness (QED) is 0.933. The second-order valence-corrected chi connectivity index (χ2v) is 5.23. The van der Waals surface area contributed by atoms with E-state index in [1.54, 1.807) is 6.20 Å². The van der Waals surface area contributed by atoms with Crippen molar-refractivity contribution in [3.8, 4) is 0 Å². The molecule has 4 heteroatoms. The molecule has 0 saturated heterocycles. The van der Waals surface area contributed by atoms with E-state index in [1.165, 1.54) is 11.1 Å². The first-order chi connectivity index (χ1) is 9.15. The van der Waals surface area contributed by atoms with Crippen molar-refractivity contribution in [3.05, 3.63) is 58.2 Å². The first kappa shape index (κ1) is 13.7. The predicted molar refractivity (Wildman–Crippen MR) is 80.1 cm³/mol. The lowest BCUT2D eigenvalue weighted by atomic mass is 10.1. The smallest absolute Gasteiger partial charge is 0.225 e. The molecule has 0 saturated carbocycles. The van der Waals surface area contributed by atoms with E-state index in [1.807, 2.05) is 24.3 Å². The number of aromatic nitrogens is 1. The summed E-state index contributed by atoms with van der Waals surface area (Å²) in [5.74, 6) is 0.539. The number of nitrogens with one attached hydrogen (secondary N) is 1. The van der Waals surface area contributed by atoms with Crippen LogP contribution in [0.3, 0.4) is 0 Å². The van der Waals surface area contributed by atoms with Crippen LogP contribution in [0.15, 0.2) is 47.1 Å². The Morgan fingerprint density at radius 1 is 1.32 bits per heavy atom. The fourth-order valence-electron chi connectivity index (χ4n) is 1.80. The number of hydrogen-bond acceptors (Lipinski definition) is 2. The highest BCUT2D eigenvalue weighted by atomic mass is 79.9. The predicted octanol–water partition coefficient (Wildman–Crippen LogP) is 3.72. The first-order valence-corrected chi connectivity index (χ1v) is 6.90. The SMILES string of the molecule is Cc1cccc(CCC(=O)Nc2ncccc2Br)c1. The third-order valence-corrected chi connectivity index (χ3v) is 3.38. The van der Waals surface area contributed by atoms with Crippen LogP contribution < -0.4 is 5.32 Å². The summed E-state index contributed by atoms with van der Waals surface area (Å²) in [7, 11) is 0. The summed E-state index contributed by atoms with van der Waals surface area (Å²) in [6.07, 6.45) is 2.84. The zero-order valence-corrected chi connectivity index (χ0v) is 12.3. The molecule has 19 heavy (non-hydrogen) atoms. The Morgan fingerprint density at radius 3 is 2.89 bits per heavy atom. The number of pyridine rings is 1. The molecule has 98 valence electrons. The number of halogens is 1. The maximum absolute atomic E-state index is 11.9. The molecule has 1 N–H and O–H groups in total. The summed E-state index contributed by atoms with van der Waals surface area (Å²) in [6.45, 7) is 2.05. The van der Waals surface area contributed by atoms with Gasteiger partial charge in [-0.05, 0) is 47.0 Å². The summed E-state index contributed by atoms with van der Waals surface area (Å²) in [5, 5.41) is 2.80. The van der Waals surface area contributed by atoms with Gasteiger partial charge >= 0.3 is 0 Å². The maximum atomic E-state index is 11.9. The van der Waals surface area contributed by atoms with Gasteiger partial charge in [0.05, 0.1) is 4.47 Å². The van der Waals surface area contributed by atoms with Gasteiger partial charge in [0, 0.05) is 12.6 Å². The average molecular weight is 319 g/mol. The van der Waals surface area contributed by atoms with E-state index in [0.717, 1.165) is 10.9 Å².